The van der Waals surface area contributed by atoms with Crippen LogP contribution in [0.3, 0.4) is 0 Å². The number of benzene rings is 2. The highest BCUT2D eigenvalue weighted by Gasteiger charge is 2.36. The number of ether oxygens (including phenoxy) is 1. The molecule has 0 spiro atoms. The van der Waals surface area contributed by atoms with Crippen LogP contribution in [0.5, 0.6) is 0 Å². The van der Waals surface area contributed by atoms with E-state index >= 15 is 0 Å². The Kier molecular flexibility index (Phi) is 4.58. The van der Waals surface area contributed by atoms with Gasteiger partial charge in [0, 0.05) is 16.5 Å². The largest absolute Gasteiger partial charge is 0.622 e. The van der Waals surface area contributed by atoms with Gasteiger partial charge in [-0.1, -0.05) is 48.6 Å². The van der Waals surface area contributed by atoms with Crippen LogP contribution in [-0.2, 0) is 4.74 Å². The fourth-order valence-corrected chi connectivity index (χ4v) is 4.06. The van der Waals surface area contributed by atoms with Gasteiger partial charge in [0.1, 0.15) is 11.5 Å². The van der Waals surface area contributed by atoms with Crippen LogP contribution in [0.15, 0.2) is 72.5 Å². The summed E-state index contributed by atoms with van der Waals surface area (Å²) in [5, 5.41) is 16.4. The lowest BCUT2D eigenvalue weighted by atomic mass is 9.98. The molecule has 2 aliphatic rings. The zero-order valence-electron chi connectivity index (χ0n) is 16.8. The maximum Gasteiger partial charge on any atom is 0.273 e. The van der Waals surface area contributed by atoms with Gasteiger partial charge in [-0.3, -0.25) is 10.1 Å². The van der Waals surface area contributed by atoms with E-state index in [-0.39, 0.29) is 24.0 Å². The zero-order chi connectivity index (χ0) is 21.5. The van der Waals surface area contributed by atoms with Gasteiger partial charge >= 0.3 is 0 Å². The average molecular weight is 417 g/mol. The maximum atomic E-state index is 14.3. The van der Waals surface area contributed by atoms with E-state index in [1.807, 2.05) is 31.2 Å². The van der Waals surface area contributed by atoms with Crippen LogP contribution in [0.2, 0.25) is 0 Å². The van der Waals surface area contributed by atoms with Crippen molar-refractivity contribution in [3.8, 4) is 11.1 Å². The zero-order valence-corrected chi connectivity index (χ0v) is 16.8. The van der Waals surface area contributed by atoms with Crippen molar-refractivity contribution in [2.75, 3.05) is 6.61 Å². The number of carbonyl (C=O) groups excluding carboxylic acids is 1. The lowest BCUT2D eigenvalue weighted by Gasteiger charge is -2.29. The van der Waals surface area contributed by atoms with Crippen molar-refractivity contribution in [1.29, 1.82) is 0 Å². The standard InChI is InChI=1S/C24H20FN3O3/c1-14-6-4-11-20-23(14)28(30)21(13-31-20)27-24(29)19-12-15-7-5-9-17(22(15)26-19)16-8-2-3-10-18(16)25/h2-12,14,21,26H,13H2,1H3,(H,27,29). The number of nitrogens with one attached hydrogen (secondary N) is 2. The first kappa shape index (κ1) is 19.1. The lowest BCUT2D eigenvalue weighted by Crippen LogP contribution is -2.51. The first-order valence-corrected chi connectivity index (χ1v) is 10.1. The number of amides is 1. The summed E-state index contributed by atoms with van der Waals surface area (Å²) in [4.78, 5) is 16.0. The molecule has 1 amide bonds. The number of aromatic amines is 1. The summed E-state index contributed by atoms with van der Waals surface area (Å²) in [6.07, 6.45) is 4.67. The second-order valence-electron chi connectivity index (χ2n) is 7.65. The normalized spacial score (nSPS) is 20.3. The van der Waals surface area contributed by atoms with Crippen molar-refractivity contribution in [2.24, 2.45) is 5.92 Å². The predicted octanol–water partition coefficient (Wildman–Crippen LogP) is 4.10. The molecule has 156 valence electrons. The minimum Gasteiger partial charge on any atom is -0.622 e. The van der Waals surface area contributed by atoms with Gasteiger partial charge in [-0.25, -0.2) is 4.39 Å². The van der Waals surface area contributed by atoms with Gasteiger partial charge in [0.25, 0.3) is 12.1 Å². The van der Waals surface area contributed by atoms with Gasteiger partial charge in [-0.05, 0) is 25.1 Å². The Labute approximate surface area is 177 Å². The van der Waals surface area contributed by atoms with Gasteiger partial charge in [-0.2, -0.15) is 4.74 Å². The van der Waals surface area contributed by atoms with Crippen molar-refractivity contribution in [2.45, 2.75) is 13.1 Å². The smallest absolute Gasteiger partial charge is 0.273 e. The Morgan fingerprint density at radius 1 is 1.23 bits per heavy atom. The van der Waals surface area contributed by atoms with E-state index in [1.54, 1.807) is 36.4 Å². The minimum absolute atomic E-state index is 0.0475. The molecule has 0 saturated carbocycles. The fraction of sp³-hybridized carbons (Fsp3) is 0.167. The van der Waals surface area contributed by atoms with Crippen LogP contribution >= 0.6 is 0 Å². The molecule has 0 saturated heterocycles. The van der Waals surface area contributed by atoms with Crippen molar-refractivity contribution in [3.05, 3.63) is 89.2 Å². The summed E-state index contributed by atoms with van der Waals surface area (Å²) in [5.74, 6) is -0.338. The third-order valence-electron chi connectivity index (χ3n) is 5.61. The Morgan fingerprint density at radius 2 is 2.03 bits per heavy atom. The summed E-state index contributed by atoms with van der Waals surface area (Å²) in [5.41, 5.74) is 2.55. The number of hydrogen-bond acceptors (Lipinski definition) is 3. The molecule has 1 aliphatic heterocycles. The van der Waals surface area contributed by atoms with E-state index in [9.17, 15) is 14.4 Å². The highest BCUT2D eigenvalue weighted by atomic mass is 19.1. The fourth-order valence-electron chi connectivity index (χ4n) is 4.06. The number of halogens is 1. The van der Waals surface area contributed by atoms with E-state index in [0.717, 1.165) is 10.1 Å². The van der Waals surface area contributed by atoms with E-state index in [4.69, 9.17) is 4.74 Å². The highest BCUT2D eigenvalue weighted by molar-refractivity contribution is 6.02. The molecule has 1 aromatic heterocycles. The van der Waals surface area contributed by atoms with Crippen LogP contribution in [0, 0.1) is 16.9 Å². The van der Waals surface area contributed by atoms with Crippen LogP contribution in [0.1, 0.15) is 17.4 Å². The van der Waals surface area contributed by atoms with Gasteiger partial charge in [0.15, 0.2) is 12.4 Å². The molecular formula is C24H20FN3O3. The molecule has 6 nitrogen and oxygen atoms in total. The van der Waals surface area contributed by atoms with Crippen LogP contribution in [-0.4, -0.2) is 34.1 Å². The number of H-pyrrole nitrogens is 1. The first-order valence-electron chi connectivity index (χ1n) is 10.1. The minimum atomic E-state index is -0.842. The maximum absolute atomic E-state index is 14.3. The molecule has 0 bridgehead atoms. The molecule has 7 heteroatoms. The average Bonchev–Trinajstić information content (AvgIpc) is 3.21. The summed E-state index contributed by atoms with van der Waals surface area (Å²) < 4.78 is 20.8. The van der Waals surface area contributed by atoms with E-state index in [0.29, 0.717) is 28.1 Å². The molecule has 2 atom stereocenters. The molecule has 2 heterocycles. The number of nitrogens with zero attached hydrogens (tertiary/aromatic N) is 1. The molecule has 5 rings (SSSR count). The SMILES string of the molecule is CC1C=CC=C2OCC(NC(=O)c3cc4cccc(-c5ccccc5F)c4[nH]3)[N+]([O-])=C21. The number of fused-ring (bicyclic) bond motifs is 2. The molecule has 3 aromatic rings. The molecule has 31 heavy (non-hydrogen) atoms. The number of para-hydroxylation sites is 1. The number of hydrogen-bond donors (Lipinski definition) is 2. The highest BCUT2D eigenvalue weighted by Crippen LogP contribution is 2.30. The van der Waals surface area contributed by atoms with E-state index in [2.05, 4.69) is 10.3 Å². The van der Waals surface area contributed by atoms with E-state index in [1.165, 1.54) is 6.07 Å². The van der Waals surface area contributed by atoms with Crippen molar-refractivity contribution < 1.29 is 18.7 Å². The molecule has 0 radical (unpaired) electrons. The Bertz CT molecular complexity index is 1290. The Hall–Kier alpha value is -3.87. The summed E-state index contributed by atoms with van der Waals surface area (Å²) in [7, 11) is 0. The van der Waals surface area contributed by atoms with Gasteiger partial charge in [0.2, 0.25) is 5.71 Å². The molecule has 2 unspecified atom stereocenters. The van der Waals surface area contributed by atoms with E-state index < -0.39 is 12.1 Å². The molecule has 0 fully saturated rings. The summed E-state index contributed by atoms with van der Waals surface area (Å²) >= 11 is 0. The van der Waals surface area contributed by atoms with Crippen LogP contribution in [0.4, 0.5) is 4.39 Å². The van der Waals surface area contributed by atoms with Gasteiger partial charge in [0.05, 0.1) is 11.4 Å². The number of aromatic nitrogens is 1. The molecular weight excluding hydrogens is 397 g/mol. The van der Waals surface area contributed by atoms with Gasteiger partial charge in [-0.15, -0.1) is 0 Å². The first-order chi connectivity index (χ1) is 15.0. The molecule has 2 aromatic carbocycles. The lowest BCUT2D eigenvalue weighted by molar-refractivity contribution is -0.518. The molecule has 2 N–H and O–H groups in total. The second kappa shape index (κ2) is 7.43. The third-order valence-corrected chi connectivity index (χ3v) is 5.61. The summed E-state index contributed by atoms with van der Waals surface area (Å²) in [6, 6.07) is 13.7. The predicted molar refractivity (Wildman–Crippen MR) is 116 cm³/mol. The topological polar surface area (TPSA) is 80.2 Å². The van der Waals surface area contributed by atoms with Crippen molar-refractivity contribution in [3.63, 3.8) is 0 Å². The Balaban J connectivity index is 1.46. The Morgan fingerprint density at radius 3 is 2.87 bits per heavy atom. The number of rotatable bonds is 3. The number of carbonyl (C=O) groups is 1. The van der Waals surface area contributed by atoms with Gasteiger partial charge < -0.3 is 14.9 Å². The van der Waals surface area contributed by atoms with Crippen LogP contribution < -0.4 is 5.32 Å². The van der Waals surface area contributed by atoms with Crippen molar-refractivity contribution >= 4 is 22.5 Å². The quantitative estimate of drug-likeness (QED) is 0.497. The molecule has 1 aliphatic carbocycles. The monoisotopic (exact) mass is 417 g/mol. The van der Waals surface area contributed by atoms with Crippen molar-refractivity contribution in [1.82, 2.24) is 10.3 Å². The second-order valence-corrected chi connectivity index (χ2v) is 7.65. The number of allylic oxidation sites excluding steroid dienone is 4. The van der Waals surface area contributed by atoms with Crippen LogP contribution in [0.25, 0.3) is 22.0 Å². The summed E-state index contributed by atoms with van der Waals surface area (Å²) in [6.45, 7) is 1.95. The number of hydroxylamine groups is 1. The third kappa shape index (κ3) is 3.28.